The van der Waals surface area contributed by atoms with Crippen molar-refractivity contribution in [2.45, 2.75) is 87.0 Å². The summed E-state index contributed by atoms with van der Waals surface area (Å²) in [5.74, 6) is 0.222. The molecule has 1 heteroatoms. The third-order valence-electron chi connectivity index (χ3n) is 16.3. The predicted octanol–water partition coefficient (Wildman–Crippen LogP) is 15.5. The molecule has 73 heavy (non-hydrogen) atoms. The molecular formula is C72H70Si. The number of allylic oxidation sites excluding steroid dienone is 4. The van der Waals surface area contributed by atoms with E-state index in [0.717, 1.165) is 38.5 Å². The van der Waals surface area contributed by atoms with E-state index in [4.69, 9.17) is 0 Å². The first kappa shape index (κ1) is 49.3. The zero-order valence-corrected chi connectivity index (χ0v) is 45.1. The smallest absolute Gasteiger partial charge is 0.0636 e. The SMILES string of the molecule is CC1=C(C)C(C)C([Si](c2cc(Cc3ccccc3)cc(C)c2Cc2ccccc2)(c2cc(Cc3ccccc3)cc(C)c2Cc2ccccc2)c2cc(Cc3ccccc3)cc(C)c2Cc2ccccc2)=C1C. The van der Waals surface area contributed by atoms with E-state index in [1.165, 1.54) is 100 Å². The van der Waals surface area contributed by atoms with Crippen LogP contribution in [0.15, 0.2) is 240 Å². The lowest BCUT2D eigenvalue weighted by atomic mass is 9.95. The van der Waals surface area contributed by atoms with Gasteiger partial charge >= 0.3 is 0 Å². The van der Waals surface area contributed by atoms with Crippen molar-refractivity contribution in [3.8, 4) is 0 Å². The largest absolute Gasteiger partial charge is 0.177 e. The topological polar surface area (TPSA) is 0 Å². The molecule has 1 aliphatic rings. The molecule has 9 aromatic carbocycles. The molecule has 10 rings (SSSR count). The third-order valence-corrected chi connectivity index (χ3v) is 21.7. The molecule has 0 fully saturated rings. The van der Waals surface area contributed by atoms with Crippen LogP contribution in [-0.2, 0) is 38.5 Å². The van der Waals surface area contributed by atoms with Gasteiger partial charge in [0.1, 0.15) is 0 Å². The van der Waals surface area contributed by atoms with Gasteiger partial charge in [-0.2, -0.15) is 0 Å². The summed E-state index contributed by atoms with van der Waals surface area (Å²) in [6.07, 6.45) is 5.14. The van der Waals surface area contributed by atoms with Gasteiger partial charge in [0, 0.05) is 0 Å². The van der Waals surface area contributed by atoms with Crippen LogP contribution in [0.25, 0.3) is 0 Å². The Labute approximate surface area is 437 Å². The lowest BCUT2D eigenvalue weighted by molar-refractivity contribution is 0.851. The number of hydrogen-bond donors (Lipinski definition) is 0. The van der Waals surface area contributed by atoms with E-state index in [-0.39, 0.29) is 5.92 Å². The van der Waals surface area contributed by atoms with E-state index < -0.39 is 8.07 Å². The Kier molecular flexibility index (Phi) is 14.7. The van der Waals surface area contributed by atoms with Crippen molar-refractivity contribution in [1.29, 1.82) is 0 Å². The van der Waals surface area contributed by atoms with Crippen molar-refractivity contribution in [3.63, 3.8) is 0 Å². The Bertz CT molecular complexity index is 3090. The molecule has 1 atom stereocenters. The summed E-state index contributed by atoms with van der Waals surface area (Å²) in [5, 5.41) is 6.27. The van der Waals surface area contributed by atoms with Crippen LogP contribution in [0.2, 0.25) is 0 Å². The van der Waals surface area contributed by atoms with Gasteiger partial charge in [0.25, 0.3) is 0 Å². The molecule has 0 amide bonds. The van der Waals surface area contributed by atoms with Crippen molar-refractivity contribution >= 4 is 23.6 Å². The van der Waals surface area contributed by atoms with Crippen LogP contribution in [0.4, 0.5) is 0 Å². The van der Waals surface area contributed by atoms with Crippen LogP contribution in [0.5, 0.6) is 0 Å². The normalized spacial score (nSPS) is 13.8. The number of rotatable bonds is 16. The highest BCUT2D eigenvalue weighted by atomic mass is 28.3. The van der Waals surface area contributed by atoms with Gasteiger partial charge in [-0.15, -0.1) is 0 Å². The molecule has 1 unspecified atom stereocenters. The third kappa shape index (κ3) is 10.4. The molecule has 9 aromatic rings. The molecule has 0 radical (unpaired) electrons. The van der Waals surface area contributed by atoms with Crippen molar-refractivity contribution in [2.24, 2.45) is 5.92 Å². The summed E-state index contributed by atoms with van der Waals surface area (Å²) in [7, 11) is -3.50. The van der Waals surface area contributed by atoms with Crippen LogP contribution in [0.3, 0.4) is 0 Å². The molecule has 0 aliphatic heterocycles. The monoisotopic (exact) mass is 963 g/mol. The van der Waals surface area contributed by atoms with Crippen LogP contribution in [0.1, 0.15) is 111 Å². The number of hydrogen-bond acceptors (Lipinski definition) is 0. The standard InChI is InChI=1S/C72H70Si/c1-50-38-63(41-57-26-14-8-15-27-57)47-69(66(50)44-60-32-20-11-21-33-60)73(72-55(6)53(4)54(5)56(72)7,70-48-64(42-58-28-16-9-17-29-58)39-51(2)67(70)45-61-34-22-12-23-35-61)71-49-65(43-59-30-18-10-19-31-59)40-52(3)68(71)46-62-36-24-13-25-37-62/h8-40,47-49,55H,41-46H2,1-7H3. The molecule has 0 N–H and O–H groups in total. The number of aryl methyl sites for hydroxylation is 3. The highest BCUT2D eigenvalue weighted by molar-refractivity contribution is 7.17. The molecule has 1 aliphatic carbocycles. The molecule has 0 nitrogen and oxygen atoms in total. The fourth-order valence-electron chi connectivity index (χ4n) is 12.4. The quantitative estimate of drug-likeness (QED) is 0.0669. The van der Waals surface area contributed by atoms with Gasteiger partial charge in [0.05, 0.1) is 0 Å². The molecule has 0 saturated carbocycles. The minimum Gasteiger partial charge on any atom is -0.0636 e. The van der Waals surface area contributed by atoms with Gasteiger partial charge < -0.3 is 0 Å². The summed E-state index contributed by atoms with van der Waals surface area (Å²) < 4.78 is 0. The summed E-state index contributed by atoms with van der Waals surface area (Å²) in [6.45, 7) is 17.2. The molecule has 0 heterocycles. The zero-order chi connectivity index (χ0) is 50.5. The van der Waals surface area contributed by atoms with Crippen LogP contribution < -0.4 is 15.6 Å². The minimum atomic E-state index is -3.50. The van der Waals surface area contributed by atoms with Crippen LogP contribution in [0, 0.1) is 26.7 Å². The van der Waals surface area contributed by atoms with Gasteiger partial charge in [-0.1, -0.05) is 242 Å². The van der Waals surface area contributed by atoms with Crippen LogP contribution >= 0.6 is 0 Å². The van der Waals surface area contributed by atoms with Crippen molar-refractivity contribution in [2.75, 3.05) is 0 Å². The maximum absolute atomic E-state index is 3.50. The van der Waals surface area contributed by atoms with Crippen LogP contribution in [-0.4, -0.2) is 8.07 Å². The fraction of sp³-hybridized carbons (Fsp3) is 0.194. The Morgan fingerprint density at radius 2 is 0.534 bits per heavy atom. The summed E-state index contributed by atoms with van der Waals surface area (Å²) in [6, 6.07) is 83.3. The number of benzene rings is 9. The Morgan fingerprint density at radius 3 is 0.767 bits per heavy atom. The molecular weight excluding hydrogens is 893 g/mol. The van der Waals surface area contributed by atoms with Gasteiger partial charge in [0.15, 0.2) is 8.07 Å². The lowest BCUT2D eigenvalue weighted by Gasteiger charge is -2.44. The van der Waals surface area contributed by atoms with E-state index in [2.05, 4.69) is 267 Å². The maximum Gasteiger partial charge on any atom is 0.177 e. The van der Waals surface area contributed by atoms with E-state index in [0.29, 0.717) is 0 Å². The molecule has 0 aromatic heterocycles. The molecule has 0 bridgehead atoms. The first-order valence-electron chi connectivity index (χ1n) is 26.6. The highest BCUT2D eigenvalue weighted by Gasteiger charge is 2.52. The van der Waals surface area contributed by atoms with Crippen molar-refractivity contribution < 1.29 is 0 Å². The average Bonchev–Trinajstić information content (AvgIpc) is 3.60. The first-order valence-corrected chi connectivity index (χ1v) is 28.6. The van der Waals surface area contributed by atoms with E-state index in [9.17, 15) is 0 Å². The lowest BCUT2D eigenvalue weighted by Crippen LogP contribution is -2.72. The Balaban J connectivity index is 1.44. The second-order valence-electron chi connectivity index (χ2n) is 21.1. The molecule has 0 spiro atoms. The maximum atomic E-state index is 2.75. The van der Waals surface area contributed by atoms with E-state index >= 15 is 0 Å². The fourth-order valence-corrected chi connectivity index (χ4v) is 19.2. The van der Waals surface area contributed by atoms with Gasteiger partial charge in [-0.3, -0.25) is 0 Å². The summed E-state index contributed by atoms with van der Waals surface area (Å²) >= 11 is 0. The second-order valence-corrected chi connectivity index (χ2v) is 24.8. The first-order chi connectivity index (χ1) is 35.6. The minimum absolute atomic E-state index is 0.222. The molecule has 0 saturated heterocycles. The highest BCUT2D eigenvalue weighted by Crippen LogP contribution is 2.44. The van der Waals surface area contributed by atoms with Gasteiger partial charge in [-0.05, 0) is 191 Å². The molecule has 362 valence electrons. The van der Waals surface area contributed by atoms with E-state index in [1.807, 2.05) is 0 Å². The second kappa shape index (κ2) is 21.8. The predicted molar refractivity (Wildman–Crippen MR) is 314 cm³/mol. The van der Waals surface area contributed by atoms with Crippen molar-refractivity contribution in [3.05, 3.63) is 324 Å². The van der Waals surface area contributed by atoms with Gasteiger partial charge in [0.2, 0.25) is 0 Å². The zero-order valence-electron chi connectivity index (χ0n) is 44.1. The Morgan fingerprint density at radius 1 is 0.288 bits per heavy atom. The summed E-state index contributed by atoms with van der Waals surface area (Å²) in [4.78, 5) is 0. The average molecular weight is 963 g/mol. The van der Waals surface area contributed by atoms with Gasteiger partial charge in [-0.25, -0.2) is 0 Å². The van der Waals surface area contributed by atoms with Crippen molar-refractivity contribution in [1.82, 2.24) is 0 Å². The van der Waals surface area contributed by atoms with E-state index in [1.54, 1.807) is 20.8 Å². The Hall–Kier alpha value is -7.32. The summed E-state index contributed by atoms with van der Waals surface area (Å²) in [5.41, 5.74) is 25.1.